The molecule has 0 bridgehead atoms. The monoisotopic (exact) mass is 304 g/mol. The molecular formula is C17H24N2OS. The zero-order valence-corrected chi connectivity index (χ0v) is 14.0. The van der Waals surface area contributed by atoms with Crippen molar-refractivity contribution in [3.63, 3.8) is 0 Å². The Morgan fingerprint density at radius 3 is 2.48 bits per heavy atom. The van der Waals surface area contributed by atoms with Crippen LogP contribution < -0.4 is 10.1 Å². The van der Waals surface area contributed by atoms with Crippen LogP contribution >= 0.6 is 11.3 Å². The average molecular weight is 304 g/mol. The molecule has 0 fully saturated rings. The minimum Gasteiger partial charge on any atom is -0.487 e. The van der Waals surface area contributed by atoms with Crippen LogP contribution in [0.15, 0.2) is 29.6 Å². The molecule has 1 unspecified atom stereocenters. The Kier molecular flexibility index (Phi) is 5.76. The number of nitrogens with zero attached hydrogens (tertiary/aromatic N) is 1. The van der Waals surface area contributed by atoms with Gasteiger partial charge in [0.1, 0.15) is 12.4 Å². The molecule has 0 aliphatic carbocycles. The summed E-state index contributed by atoms with van der Waals surface area (Å²) in [7, 11) is 0. The normalized spacial score (nSPS) is 12.6. The summed E-state index contributed by atoms with van der Waals surface area (Å²) in [5.41, 5.74) is 2.29. The van der Waals surface area contributed by atoms with E-state index in [1.54, 1.807) is 11.3 Å². The van der Waals surface area contributed by atoms with Crippen LogP contribution in [0.5, 0.6) is 5.75 Å². The Hall–Kier alpha value is -1.39. The van der Waals surface area contributed by atoms with Crippen LogP contribution in [0, 0.1) is 0 Å². The SMILES string of the molecule is CCNC(C)c1ccc(OCc2csc(C(C)C)n2)cc1. The van der Waals surface area contributed by atoms with Gasteiger partial charge in [-0.2, -0.15) is 0 Å². The molecule has 0 aliphatic rings. The predicted molar refractivity (Wildman–Crippen MR) is 89.1 cm³/mol. The van der Waals surface area contributed by atoms with Gasteiger partial charge >= 0.3 is 0 Å². The summed E-state index contributed by atoms with van der Waals surface area (Å²) in [6.45, 7) is 10.1. The molecule has 1 aromatic carbocycles. The largest absolute Gasteiger partial charge is 0.487 e. The molecular weight excluding hydrogens is 280 g/mol. The Bertz CT molecular complexity index is 548. The van der Waals surface area contributed by atoms with Crippen LogP contribution in [0.4, 0.5) is 0 Å². The van der Waals surface area contributed by atoms with E-state index in [-0.39, 0.29) is 0 Å². The van der Waals surface area contributed by atoms with Gasteiger partial charge in [-0.1, -0.05) is 32.9 Å². The lowest BCUT2D eigenvalue weighted by molar-refractivity contribution is 0.301. The van der Waals surface area contributed by atoms with Crippen LogP contribution in [-0.4, -0.2) is 11.5 Å². The van der Waals surface area contributed by atoms with Crippen molar-refractivity contribution in [1.82, 2.24) is 10.3 Å². The number of rotatable bonds is 7. The van der Waals surface area contributed by atoms with Crippen LogP contribution in [0.25, 0.3) is 0 Å². The fourth-order valence-corrected chi connectivity index (χ4v) is 2.91. The number of nitrogens with one attached hydrogen (secondary N) is 1. The molecule has 0 spiro atoms. The molecule has 0 saturated carbocycles. The zero-order chi connectivity index (χ0) is 15.2. The smallest absolute Gasteiger partial charge is 0.131 e. The van der Waals surface area contributed by atoms with Crippen LogP contribution in [0.2, 0.25) is 0 Å². The van der Waals surface area contributed by atoms with E-state index >= 15 is 0 Å². The molecule has 114 valence electrons. The molecule has 1 N–H and O–H groups in total. The third-order valence-electron chi connectivity index (χ3n) is 3.34. The van der Waals surface area contributed by atoms with Crippen molar-refractivity contribution >= 4 is 11.3 Å². The van der Waals surface area contributed by atoms with Crippen molar-refractivity contribution in [3.8, 4) is 5.75 Å². The first-order chi connectivity index (χ1) is 10.1. The van der Waals surface area contributed by atoms with Crippen molar-refractivity contribution < 1.29 is 4.74 Å². The molecule has 0 saturated heterocycles. The van der Waals surface area contributed by atoms with E-state index in [1.807, 2.05) is 12.1 Å². The van der Waals surface area contributed by atoms with Gasteiger partial charge in [-0.15, -0.1) is 11.3 Å². The van der Waals surface area contributed by atoms with Gasteiger partial charge in [0.25, 0.3) is 0 Å². The van der Waals surface area contributed by atoms with E-state index < -0.39 is 0 Å². The minimum atomic E-state index is 0.371. The first-order valence-electron chi connectivity index (χ1n) is 7.50. The molecule has 21 heavy (non-hydrogen) atoms. The molecule has 1 atom stereocenters. The lowest BCUT2D eigenvalue weighted by atomic mass is 10.1. The second-order valence-corrected chi connectivity index (χ2v) is 6.36. The second kappa shape index (κ2) is 7.57. The zero-order valence-electron chi connectivity index (χ0n) is 13.2. The van der Waals surface area contributed by atoms with Crippen LogP contribution in [-0.2, 0) is 6.61 Å². The summed E-state index contributed by atoms with van der Waals surface area (Å²) in [4.78, 5) is 4.58. The number of ether oxygens (including phenoxy) is 1. The molecule has 2 rings (SSSR count). The molecule has 0 radical (unpaired) electrons. The molecule has 3 nitrogen and oxygen atoms in total. The molecule has 2 aromatic rings. The van der Waals surface area contributed by atoms with Crippen molar-refractivity contribution in [2.75, 3.05) is 6.54 Å². The summed E-state index contributed by atoms with van der Waals surface area (Å²) < 4.78 is 5.80. The van der Waals surface area contributed by atoms with Gasteiger partial charge < -0.3 is 10.1 Å². The van der Waals surface area contributed by atoms with E-state index in [4.69, 9.17) is 4.74 Å². The van der Waals surface area contributed by atoms with Gasteiger partial charge in [-0.05, 0) is 31.2 Å². The molecule has 1 aromatic heterocycles. The lowest BCUT2D eigenvalue weighted by Gasteiger charge is -2.13. The first-order valence-corrected chi connectivity index (χ1v) is 8.38. The van der Waals surface area contributed by atoms with E-state index in [0.29, 0.717) is 18.6 Å². The number of aromatic nitrogens is 1. The highest BCUT2D eigenvalue weighted by atomic mass is 32.1. The van der Waals surface area contributed by atoms with E-state index in [0.717, 1.165) is 18.0 Å². The quantitative estimate of drug-likeness (QED) is 0.817. The summed E-state index contributed by atoms with van der Waals surface area (Å²) >= 11 is 1.71. The number of benzene rings is 1. The number of hydrogen-bond acceptors (Lipinski definition) is 4. The summed E-state index contributed by atoms with van der Waals surface area (Å²) in [6.07, 6.45) is 0. The standard InChI is InChI=1S/C17H24N2OS/c1-5-18-13(4)14-6-8-16(9-7-14)20-10-15-11-21-17(19-15)12(2)3/h6-9,11-13,18H,5,10H2,1-4H3. The molecule has 0 aliphatic heterocycles. The Balaban J connectivity index is 1.91. The third kappa shape index (κ3) is 4.55. The van der Waals surface area contributed by atoms with Crippen molar-refractivity contribution in [3.05, 3.63) is 45.9 Å². The van der Waals surface area contributed by atoms with Gasteiger partial charge in [-0.25, -0.2) is 4.98 Å². The second-order valence-electron chi connectivity index (χ2n) is 5.47. The van der Waals surface area contributed by atoms with E-state index in [1.165, 1.54) is 10.6 Å². The maximum atomic E-state index is 5.80. The van der Waals surface area contributed by atoms with E-state index in [2.05, 4.69) is 55.5 Å². The Labute approximate surface area is 131 Å². The van der Waals surface area contributed by atoms with Gasteiger partial charge in [0, 0.05) is 17.3 Å². The van der Waals surface area contributed by atoms with Crippen LogP contribution in [0.3, 0.4) is 0 Å². The van der Waals surface area contributed by atoms with Gasteiger partial charge in [0.05, 0.1) is 10.7 Å². The predicted octanol–water partition coefficient (Wildman–Crippen LogP) is 4.52. The topological polar surface area (TPSA) is 34.1 Å². The van der Waals surface area contributed by atoms with Gasteiger partial charge in [-0.3, -0.25) is 0 Å². The first kappa shape index (κ1) is 16.0. The van der Waals surface area contributed by atoms with Crippen molar-refractivity contribution in [2.45, 2.75) is 46.3 Å². The molecule has 0 amide bonds. The summed E-state index contributed by atoms with van der Waals surface area (Å²) in [5, 5.41) is 6.65. The number of hydrogen-bond donors (Lipinski definition) is 1. The van der Waals surface area contributed by atoms with Crippen molar-refractivity contribution in [2.24, 2.45) is 0 Å². The Morgan fingerprint density at radius 2 is 1.90 bits per heavy atom. The fraction of sp³-hybridized carbons (Fsp3) is 0.471. The highest BCUT2D eigenvalue weighted by Gasteiger charge is 2.07. The highest BCUT2D eigenvalue weighted by Crippen LogP contribution is 2.21. The van der Waals surface area contributed by atoms with Gasteiger partial charge in [0.2, 0.25) is 0 Å². The minimum absolute atomic E-state index is 0.371. The third-order valence-corrected chi connectivity index (χ3v) is 4.53. The van der Waals surface area contributed by atoms with Crippen LogP contribution in [0.1, 0.15) is 55.9 Å². The average Bonchev–Trinajstić information content (AvgIpc) is 2.95. The lowest BCUT2D eigenvalue weighted by Crippen LogP contribution is -2.17. The Morgan fingerprint density at radius 1 is 1.19 bits per heavy atom. The highest BCUT2D eigenvalue weighted by molar-refractivity contribution is 7.09. The maximum Gasteiger partial charge on any atom is 0.131 e. The molecule has 4 heteroatoms. The summed E-state index contributed by atoms with van der Waals surface area (Å²) in [6, 6.07) is 8.65. The summed E-state index contributed by atoms with van der Waals surface area (Å²) in [5.74, 6) is 1.37. The van der Waals surface area contributed by atoms with Crippen molar-refractivity contribution in [1.29, 1.82) is 0 Å². The fourth-order valence-electron chi connectivity index (χ4n) is 2.09. The number of thiazole rings is 1. The van der Waals surface area contributed by atoms with E-state index in [9.17, 15) is 0 Å². The maximum absolute atomic E-state index is 5.80. The molecule has 1 heterocycles. The van der Waals surface area contributed by atoms with Gasteiger partial charge in [0.15, 0.2) is 0 Å².